The predicted octanol–water partition coefficient (Wildman–Crippen LogP) is 1.58. The predicted molar refractivity (Wildman–Crippen MR) is 59.4 cm³/mol. The van der Waals surface area contributed by atoms with Gasteiger partial charge in [-0.05, 0) is 31.9 Å². The minimum atomic E-state index is 0.468. The Kier molecular flexibility index (Phi) is 2.94. The van der Waals surface area contributed by atoms with Crippen LogP contribution in [0.1, 0.15) is 25.5 Å². The maximum atomic E-state index is 5.92. The third-order valence-corrected chi connectivity index (χ3v) is 2.49. The fraction of sp³-hybridized carbons (Fsp3) is 0.545. The van der Waals surface area contributed by atoms with Crippen molar-refractivity contribution < 1.29 is 4.42 Å². The first kappa shape index (κ1) is 10.1. The summed E-state index contributed by atoms with van der Waals surface area (Å²) in [6.07, 6.45) is 4.04. The Bertz CT molecular complexity index is 328. The summed E-state index contributed by atoms with van der Waals surface area (Å²) in [4.78, 5) is 6.44. The van der Waals surface area contributed by atoms with E-state index < -0.39 is 0 Å². The Labute approximate surface area is 89.8 Å². The second-order valence-corrected chi connectivity index (χ2v) is 3.81. The van der Waals surface area contributed by atoms with Crippen molar-refractivity contribution in [2.24, 2.45) is 10.7 Å². The van der Waals surface area contributed by atoms with Gasteiger partial charge in [0.05, 0.1) is 18.8 Å². The molecular formula is C11H17N3O. The molecule has 0 radical (unpaired) electrons. The van der Waals surface area contributed by atoms with Crippen LogP contribution < -0.4 is 5.73 Å². The van der Waals surface area contributed by atoms with E-state index in [1.54, 1.807) is 6.26 Å². The van der Waals surface area contributed by atoms with E-state index in [2.05, 4.69) is 11.9 Å². The van der Waals surface area contributed by atoms with E-state index in [1.165, 1.54) is 12.8 Å². The molecular weight excluding hydrogens is 190 g/mol. The van der Waals surface area contributed by atoms with Gasteiger partial charge in [0.15, 0.2) is 5.96 Å². The highest BCUT2D eigenvalue weighted by Crippen LogP contribution is 2.23. The van der Waals surface area contributed by atoms with Gasteiger partial charge in [0, 0.05) is 6.54 Å². The van der Waals surface area contributed by atoms with Crippen molar-refractivity contribution in [2.75, 3.05) is 6.54 Å². The molecule has 82 valence electrons. The van der Waals surface area contributed by atoms with Crippen LogP contribution in [-0.2, 0) is 6.54 Å². The number of nitrogens with two attached hydrogens (primary N) is 1. The molecule has 1 aliphatic carbocycles. The van der Waals surface area contributed by atoms with Crippen molar-refractivity contribution >= 4 is 5.96 Å². The van der Waals surface area contributed by atoms with Gasteiger partial charge in [0.25, 0.3) is 0 Å². The van der Waals surface area contributed by atoms with E-state index in [4.69, 9.17) is 10.2 Å². The fourth-order valence-corrected chi connectivity index (χ4v) is 1.42. The van der Waals surface area contributed by atoms with Crippen molar-refractivity contribution in [3.05, 3.63) is 24.2 Å². The molecule has 0 amide bonds. The van der Waals surface area contributed by atoms with Gasteiger partial charge in [-0.2, -0.15) is 0 Å². The highest BCUT2D eigenvalue weighted by molar-refractivity contribution is 5.78. The molecule has 1 aliphatic rings. The number of rotatable bonds is 4. The Morgan fingerprint density at radius 3 is 3.00 bits per heavy atom. The third kappa shape index (κ3) is 2.75. The van der Waals surface area contributed by atoms with E-state index in [1.807, 2.05) is 17.0 Å². The Morgan fingerprint density at radius 2 is 2.47 bits per heavy atom. The number of furan rings is 1. The second kappa shape index (κ2) is 4.38. The van der Waals surface area contributed by atoms with Gasteiger partial charge in [-0.1, -0.05) is 0 Å². The molecule has 2 rings (SSSR count). The zero-order chi connectivity index (χ0) is 10.7. The fourth-order valence-electron chi connectivity index (χ4n) is 1.42. The molecule has 0 unspecified atom stereocenters. The minimum Gasteiger partial charge on any atom is -0.467 e. The average Bonchev–Trinajstić information content (AvgIpc) is 2.89. The lowest BCUT2D eigenvalue weighted by Crippen LogP contribution is -2.36. The van der Waals surface area contributed by atoms with Gasteiger partial charge in [0.1, 0.15) is 5.76 Å². The van der Waals surface area contributed by atoms with Crippen molar-refractivity contribution in [2.45, 2.75) is 32.4 Å². The zero-order valence-corrected chi connectivity index (χ0v) is 9.02. The summed E-state index contributed by atoms with van der Waals surface area (Å²) >= 11 is 0. The molecule has 0 aromatic carbocycles. The van der Waals surface area contributed by atoms with E-state index in [0.29, 0.717) is 18.5 Å². The summed E-state index contributed by atoms with van der Waals surface area (Å²) in [6, 6.07) is 4.31. The molecule has 1 aromatic heterocycles. The number of nitrogens with zero attached hydrogens (tertiary/aromatic N) is 2. The number of aliphatic imine (C=N–C) groups is 1. The summed E-state index contributed by atoms with van der Waals surface area (Å²) in [7, 11) is 0. The lowest BCUT2D eigenvalue weighted by atomic mass is 10.4. The highest BCUT2D eigenvalue weighted by atomic mass is 16.3. The molecule has 0 atom stereocenters. The normalized spacial score (nSPS) is 16.7. The quantitative estimate of drug-likeness (QED) is 0.602. The SMILES string of the molecule is CCN(Cc1ccco1)C(N)=NC1CC1. The molecule has 0 bridgehead atoms. The summed E-state index contributed by atoms with van der Waals surface area (Å²) in [6.45, 7) is 3.62. The molecule has 0 saturated heterocycles. The molecule has 0 spiro atoms. The molecule has 2 N–H and O–H groups in total. The molecule has 1 fully saturated rings. The first-order chi connectivity index (χ1) is 7.29. The van der Waals surface area contributed by atoms with E-state index in [9.17, 15) is 0 Å². The maximum Gasteiger partial charge on any atom is 0.191 e. The molecule has 1 saturated carbocycles. The second-order valence-electron chi connectivity index (χ2n) is 3.81. The first-order valence-electron chi connectivity index (χ1n) is 5.40. The van der Waals surface area contributed by atoms with Gasteiger partial charge >= 0.3 is 0 Å². The number of hydrogen-bond donors (Lipinski definition) is 1. The van der Waals surface area contributed by atoms with Gasteiger partial charge < -0.3 is 15.1 Å². The van der Waals surface area contributed by atoms with Crippen molar-refractivity contribution in [3.8, 4) is 0 Å². The van der Waals surface area contributed by atoms with Crippen LogP contribution >= 0.6 is 0 Å². The van der Waals surface area contributed by atoms with E-state index in [0.717, 1.165) is 12.3 Å². The molecule has 1 heterocycles. The van der Waals surface area contributed by atoms with Crippen LogP contribution in [0.3, 0.4) is 0 Å². The van der Waals surface area contributed by atoms with Gasteiger partial charge in [-0.3, -0.25) is 0 Å². The Balaban J connectivity index is 1.96. The Hall–Kier alpha value is -1.45. The lowest BCUT2D eigenvalue weighted by molar-refractivity contribution is 0.371. The van der Waals surface area contributed by atoms with E-state index in [-0.39, 0.29) is 0 Å². The maximum absolute atomic E-state index is 5.92. The number of guanidine groups is 1. The molecule has 1 aromatic rings. The first-order valence-corrected chi connectivity index (χ1v) is 5.40. The summed E-state index contributed by atoms with van der Waals surface area (Å²) in [5, 5.41) is 0. The van der Waals surface area contributed by atoms with Gasteiger partial charge in [-0.25, -0.2) is 4.99 Å². The van der Waals surface area contributed by atoms with Crippen LogP contribution in [0.15, 0.2) is 27.8 Å². The van der Waals surface area contributed by atoms with Crippen LogP contribution in [0.4, 0.5) is 0 Å². The number of hydrogen-bond acceptors (Lipinski definition) is 2. The van der Waals surface area contributed by atoms with Crippen molar-refractivity contribution in [3.63, 3.8) is 0 Å². The van der Waals surface area contributed by atoms with E-state index >= 15 is 0 Å². The topological polar surface area (TPSA) is 54.8 Å². The Morgan fingerprint density at radius 1 is 1.67 bits per heavy atom. The van der Waals surface area contributed by atoms with Crippen LogP contribution in [0, 0.1) is 0 Å². The molecule has 0 aliphatic heterocycles. The van der Waals surface area contributed by atoms with Crippen molar-refractivity contribution in [1.82, 2.24) is 4.90 Å². The highest BCUT2D eigenvalue weighted by Gasteiger charge is 2.21. The van der Waals surface area contributed by atoms with Crippen LogP contribution in [0.5, 0.6) is 0 Å². The largest absolute Gasteiger partial charge is 0.467 e. The average molecular weight is 207 g/mol. The summed E-state index contributed by atoms with van der Waals surface area (Å²) < 4.78 is 5.28. The van der Waals surface area contributed by atoms with Gasteiger partial charge in [-0.15, -0.1) is 0 Å². The summed E-state index contributed by atoms with van der Waals surface area (Å²) in [5.41, 5.74) is 5.92. The molecule has 4 nitrogen and oxygen atoms in total. The smallest absolute Gasteiger partial charge is 0.191 e. The lowest BCUT2D eigenvalue weighted by Gasteiger charge is -2.20. The van der Waals surface area contributed by atoms with Gasteiger partial charge in [0.2, 0.25) is 0 Å². The van der Waals surface area contributed by atoms with Crippen LogP contribution in [-0.4, -0.2) is 23.4 Å². The van der Waals surface area contributed by atoms with Crippen LogP contribution in [0.25, 0.3) is 0 Å². The molecule has 4 heteroatoms. The van der Waals surface area contributed by atoms with Crippen LogP contribution in [0.2, 0.25) is 0 Å². The zero-order valence-electron chi connectivity index (χ0n) is 9.02. The summed E-state index contributed by atoms with van der Waals surface area (Å²) in [5.74, 6) is 1.56. The van der Waals surface area contributed by atoms with Crippen molar-refractivity contribution in [1.29, 1.82) is 0 Å². The third-order valence-electron chi connectivity index (χ3n) is 2.49. The monoisotopic (exact) mass is 207 g/mol. The minimum absolute atomic E-state index is 0.468. The standard InChI is InChI=1S/C11H17N3O/c1-2-14(8-10-4-3-7-15-10)11(12)13-9-5-6-9/h3-4,7,9H,2,5-6,8H2,1H3,(H2,12,13). The molecule has 15 heavy (non-hydrogen) atoms.